The van der Waals surface area contributed by atoms with E-state index in [-0.39, 0.29) is 0 Å². The molecule has 0 bridgehead atoms. The summed E-state index contributed by atoms with van der Waals surface area (Å²) in [6, 6.07) is 3.86. The van der Waals surface area contributed by atoms with E-state index in [9.17, 15) is 0 Å². The first-order valence-corrected chi connectivity index (χ1v) is 8.31. The van der Waals surface area contributed by atoms with E-state index in [0.29, 0.717) is 0 Å². The van der Waals surface area contributed by atoms with Crippen molar-refractivity contribution in [3.8, 4) is 11.4 Å². The molecule has 0 saturated heterocycles. The fourth-order valence-corrected chi connectivity index (χ4v) is 3.19. The van der Waals surface area contributed by atoms with Crippen molar-refractivity contribution in [2.75, 3.05) is 0 Å². The third-order valence-electron chi connectivity index (χ3n) is 3.47. The largest absolute Gasteiger partial charge is 0.265 e. The minimum atomic E-state index is 0.792. The van der Waals surface area contributed by atoms with Crippen molar-refractivity contribution in [1.29, 1.82) is 0 Å². The number of fused-ring (bicyclic) bond motifs is 1. The molecule has 0 saturated carbocycles. The van der Waals surface area contributed by atoms with E-state index < -0.39 is 0 Å². The van der Waals surface area contributed by atoms with Gasteiger partial charge in [0.15, 0.2) is 5.82 Å². The van der Waals surface area contributed by atoms with Crippen molar-refractivity contribution in [3.63, 3.8) is 0 Å². The Morgan fingerprint density at radius 2 is 1.86 bits per heavy atom. The van der Waals surface area contributed by atoms with Crippen LogP contribution in [0.5, 0.6) is 0 Å². The van der Waals surface area contributed by atoms with Gasteiger partial charge >= 0.3 is 0 Å². The van der Waals surface area contributed by atoms with Gasteiger partial charge in [-0.3, -0.25) is 4.98 Å². The number of hydrogen-bond donors (Lipinski definition) is 0. The third-order valence-corrected chi connectivity index (χ3v) is 4.42. The van der Waals surface area contributed by atoms with Gasteiger partial charge in [0.2, 0.25) is 4.96 Å². The third kappa shape index (κ3) is 3.26. The molecule has 0 aliphatic carbocycles. The number of nitrogens with zero attached hydrogens (tertiary/aromatic N) is 5. The van der Waals surface area contributed by atoms with E-state index in [4.69, 9.17) is 0 Å². The fourth-order valence-electron chi connectivity index (χ4n) is 2.32. The molecular weight excluding hydrogens is 282 g/mol. The van der Waals surface area contributed by atoms with E-state index in [1.165, 1.54) is 32.1 Å². The molecule has 0 fully saturated rings. The smallest absolute Gasteiger partial charge is 0.234 e. The molecule has 21 heavy (non-hydrogen) atoms. The molecule has 0 spiro atoms. The summed E-state index contributed by atoms with van der Waals surface area (Å²) in [7, 11) is 0. The highest BCUT2D eigenvalue weighted by atomic mass is 32.1. The molecule has 0 aliphatic heterocycles. The molecule has 3 heterocycles. The summed E-state index contributed by atoms with van der Waals surface area (Å²) in [5.41, 5.74) is 0.997. The van der Waals surface area contributed by atoms with Crippen molar-refractivity contribution in [2.24, 2.45) is 0 Å². The second-order valence-corrected chi connectivity index (χ2v) is 6.15. The molecular formula is C15H19N5S. The molecule has 5 nitrogen and oxygen atoms in total. The summed E-state index contributed by atoms with van der Waals surface area (Å²) in [5, 5.41) is 14.2. The van der Waals surface area contributed by atoms with Gasteiger partial charge in [0.1, 0.15) is 5.01 Å². The average Bonchev–Trinajstić information content (AvgIpc) is 3.08. The normalized spacial score (nSPS) is 11.3. The molecule has 110 valence electrons. The van der Waals surface area contributed by atoms with Crippen molar-refractivity contribution >= 4 is 16.3 Å². The van der Waals surface area contributed by atoms with Crippen molar-refractivity contribution < 1.29 is 0 Å². The van der Waals surface area contributed by atoms with Gasteiger partial charge in [0.05, 0.1) is 0 Å². The first-order valence-electron chi connectivity index (χ1n) is 7.50. The number of unbranched alkanes of at least 4 members (excludes halogenated alkanes) is 4. The molecule has 3 rings (SSSR count). The highest BCUT2D eigenvalue weighted by molar-refractivity contribution is 7.16. The molecule has 6 heteroatoms. The van der Waals surface area contributed by atoms with E-state index in [1.54, 1.807) is 23.7 Å². The molecule has 0 N–H and O–H groups in total. The number of hydrogen-bond acceptors (Lipinski definition) is 5. The van der Waals surface area contributed by atoms with E-state index in [1.807, 2.05) is 16.6 Å². The molecule has 0 amide bonds. The summed E-state index contributed by atoms with van der Waals surface area (Å²) in [4.78, 5) is 4.90. The Balaban J connectivity index is 1.71. The second-order valence-electron chi connectivity index (χ2n) is 5.11. The van der Waals surface area contributed by atoms with E-state index in [0.717, 1.165) is 27.8 Å². The Kier molecular flexibility index (Phi) is 4.55. The number of aromatic nitrogens is 5. The SMILES string of the molecule is CCCCCCCc1nn2c(-c3ccncc3)nnc2s1. The minimum Gasteiger partial charge on any atom is -0.265 e. The summed E-state index contributed by atoms with van der Waals surface area (Å²) in [5.74, 6) is 0.792. The maximum atomic E-state index is 4.66. The van der Waals surface area contributed by atoms with Crippen LogP contribution in [0.4, 0.5) is 0 Å². The lowest BCUT2D eigenvalue weighted by molar-refractivity contribution is 0.629. The van der Waals surface area contributed by atoms with Crippen LogP contribution in [0.15, 0.2) is 24.5 Å². The zero-order valence-electron chi connectivity index (χ0n) is 12.2. The van der Waals surface area contributed by atoms with Crippen LogP contribution in [-0.2, 0) is 6.42 Å². The molecule has 0 radical (unpaired) electrons. The van der Waals surface area contributed by atoms with Gasteiger partial charge in [-0.2, -0.15) is 9.61 Å². The summed E-state index contributed by atoms with van der Waals surface area (Å²) in [6.07, 6.45) is 11.0. The predicted octanol–water partition coefficient (Wildman–Crippen LogP) is 3.76. The zero-order chi connectivity index (χ0) is 14.5. The van der Waals surface area contributed by atoms with Crippen molar-refractivity contribution in [3.05, 3.63) is 29.5 Å². The van der Waals surface area contributed by atoms with Crippen LogP contribution >= 0.6 is 11.3 Å². The van der Waals surface area contributed by atoms with Gasteiger partial charge in [-0.25, -0.2) is 0 Å². The van der Waals surface area contributed by atoms with Gasteiger partial charge in [-0.1, -0.05) is 43.9 Å². The topological polar surface area (TPSA) is 56.0 Å². The van der Waals surface area contributed by atoms with Gasteiger partial charge in [0.25, 0.3) is 0 Å². The standard InChI is InChI=1S/C15H19N5S/c1-2-3-4-5-6-7-13-19-20-14(17-18-15(20)21-13)12-8-10-16-11-9-12/h8-11H,2-7H2,1H3. The monoisotopic (exact) mass is 301 g/mol. The summed E-state index contributed by atoms with van der Waals surface area (Å²) >= 11 is 1.64. The first-order chi connectivity index (χ1) is 10.4. The maximum absolute atomic E-state index is 4.66. The fraction of sp³-hybridized carbons (Fsp3) is 0.467. The van der Waals surface area contributed by atoms with Gasteiger partial charge in [-0.15, -0.1) is 10.2 Å². The molecule has 3 aromatic heterocycles. The number of rotatable bonds is 7. The maximum Gasteiger partial charge on any atom is 0.234 e. The van der Waals surface area contributed by atoms with Crippen molar-refractivity contribution in [2.45, 2.75) is 45.4 Å². The first kappa shape index (κ1) is 14.1. The van der Waals surface area contributed by atoms with Crippen LogP contribution in [-0.4, -0.2) is 24.8 Å². The Morgan fingerprint density at radius 3 is 2.67 bits per heavy atom. The highest BCUT2D eigenvalue weighted by Crippen LogP contribution is 2.22. The van der Waals surface area contributed by atoms with Crippen LogP contribution in [0.1, 0.15) is 44.0 Å². The van der Waals surface area contributed by atoms with Crippen LogP contribution in [0, 0.1) is 0 Å². The number of aryl methyl sites for hydroxylation is 1. The lowest BCUT2D eigenvalue weighted by Gasteiger charge is -1.97. The Hall–Kier alpha value is -1.82. The summed E-state index contributed by atoms with van der Waals surface area (Å²) < 4.78 is 1.85. The molecule has 0 atom stereocenters. The van der Waals surface area contributed by atoms with Crippen LogP contribution < -0.4 is 0 Å². The van der Waals surface area contributed by atoms with E-state index in [2.05, 4.69) is 27.2 Å². The quantitative estimate of drug-likeness (QED) is 0.623. The van der Waals surface area contributed by atoms with E-state index >= 15 is 0 Å². The Bertz CT molecular complexity index is 688. The van der Waals surface area contributed by atoms with Gasteiger partial charge in [-0.05, 0) is 18.6 Å². The van der Waals surface area contributed by atoms with Gasteiger partial charge in [0, 0.05) is 24.4 Å². The van der Waals surface area contributed by atoms with Crippen molar-refractivity contribution in [1.82, 2.24) is 24.8 Å². The molecule has 0 unspecified atom stereocenters. The summed E-state index contributed by atoms with van der Waals surface area (Å²) in [6.45, 7) is 2.24. The van der Waals surface area contributed by atoms with Gasteiger partial charge < -0.3 is 0 Å². The minimum absolute atomic E-state index is 0.792. The molecule has 0 aromatic carbocycles. The lowest BCUT2D eigenvalue weighted by atomic mass is 10.1. The van der Waals surface area contributed by atoms with Crippen LogP contribution in [0.25, 0.3) is 16.3 Å². The Morgan fingerprint density at radius 1 is 1.05 bits per heavy atom. The number of pyridine rings is 1. The predicted molar refractivity (Wildman–Crippen MR) is 84.4 cm³/mol. The van der Waals surface area contributed by atoms with Crippen LogP contribution in [0.3, 0.4) is 0 Å². The molecule has 0 aliphatic rings. The second kappa shape index (κ2) is 6.76. The van der Waals surface area contributed by atoms with Crippen LogP contribution in [0.2, 0.25) is 0 Å². The highest BCUT2D eigenvalue weighted by Gasteiger charge is 2.12. The molecule has 3 aromatic rings. The lowest BCUT2D eigenvalue weighted by Crippen LogP contribution is -1.93. The average molecular weight is 301 g/mol. The zero-order valence-corrected chi connectivity index (χ0v) is 13.0. The Labute approximate surface area is 128 Å².